The number of nitrogens with one attached hydrogen (secondary N) is 2. The smallest absolute Gasteiger partial charge is 0.247 e. The minimum Gasteiger partial charge on any atom is -0.494 e. The molecule has 0 bridgehead atoms. The van der Waals surface area contributed by atoms with Crippen LogP contribution in [0.25, 0.3) is 22.2 Å². The van der Waals surface area contributed by atoms with E-state index in [0.717, 1.165) is 54.0 Å². The lowest BCUT2D eigenvalue weighted by Crippen LogP contribution is -2.32. The zero-order valence-electron chi connectivity index (χ0n) is 22.8. The maximum absolute atomic E-state index is 12.3. The van der Waals surface area contributed by atoms with E-state index < -0.39 is 0 Å². The molecule has 0 unspecified atom stereocenters. The van der Waals surface area contributed by atoms with Crippen LogP contribution in [0.1, 0.15) is 12.8 Å². The molecule has 4 aromatic rings. The Bertz CT molecular complexity index is 1490. The van der Waals surface area contributed by atoms with Crippen LogP contribution >= 0.6 is 0 Å². The van der Waals surface area contributed by atoms with Gasteiger partial charge in [0.05, 0.1) is 29.9 Å². The summed E-state index contributed by atoms with van der Waals surface area (Å²) in [4.78, 5) is 26.2. The normalized spacial score (nSPS) is 13.4. The van der Waals surface area contributed by atoms with Gasteiger partial charge in [-0.3, -0.25) is 4.79 Å². The van der Waals surface area contributed by atoms with Crippen LogP contribution in [-0.4, -0.2) is 65.7 Å². The Balaban J connectivity index is 1.45. The number of carbonyl (C=O) groups is 1. The molecule has 1 aliphatic heterocycles. The molecule has 1 fully saturated rings. The molecular weight excluding hydrogens is 490 g/mol. The Morgan fingerprint density at radius 2 is 1.97 bits per heavy atom. The fourth-order valence-corrected chi connectivity index (χ4v) is 5.09. The summed E-state index contributed by atoms with van der Waals surface area (Å²) in [7, 11) is 5.68. The molecule has 39 heavy (non-hydrogen) atoms. The highest BCUT2D eigenvalue weighted by Gasteiger charge is 2.18. The second-order valence-corrected chi connectivity index (χ2v) is 9.79. The molecule has 0 atom stereocenters. The van der Waals surface area contributed by atoms with Crippen molar-refractivity contribution in [2.75, 3.05) is 55.9 Å². The van der Waals surface area contributed by atoms with Gasteiger partial charge in [0.1, 0.15) is 5.75 Å². The number of para-hydroxylation sites is 1. The number of likely N-dealkylation sites (N-methyl/N-ethyl adjacent to an activating group) is 1. The molecule has 0 saturated carbocycles. The standard InChI is InChI=1S/C30H35N7O2/c1-5-29(38)32-24-18-25(28(39-4)19-27(24)35(2)16-17-37-14-8-9-15-37)34-30-31-13-12-23(33-30)22-20-36(3)26-11-7-6-10-21(22)26/h5-7,10-13,18-20H,1,8-9,14-17H2,2-4H3,(H,32,38)(H,31,33,34). The molecule has 5 rings (SSSR count). The van der Waals surface area contributed by atoms with Gasteiger partial charge in [0.25, 0.3) is 0 Å². The molecule has 9 heteroatoms. The minimum atomic E-state index is -0.283. The summed E-state index contributed by atoms with van der Waals surface area (Å²) in [6.45, 7) is 7.67. The second kappa shape index (κ2) is 11.6. The molecule has 0 spiro atoms. The molecule has 1 amide bonds. The number of benzene rings is 2. The third-order valence-electron chi connectivity index (χ3n) is 7.20. The van der Waals surface area contributed by atoms with Gasteiger partial charge in [-0.25, -0.2) is 9.97 Å². The molecule has 0 radical (unpaired) electrons. The first-order valence-corrected chi connectivity index (χ1v) is 13.2. The highest BCUT2D eigenvalue weighted by molar-refractivity contribution is 6.02. The Hall–Kier alpha value is -4.37. The minimum absolute atomic E-state index is 0.283. The molecule has 1 saturated heterocycles. The topological polar surface area (TPSA) is 87.5 Å². The molecule has 1 aliphatic rings. The number of nitrogens with zero attached hydrogens (tertiary/aromatic N) is 5. The number of aromatic nitrogens is 3. The second-order valence-electron chi connectivity index (χ2n) is 9.79. The third-order valence-corrected chi connectivity index (χ3v) is 7.20. The number of likely N-dealkylation sites (tertiary alicyclic amines) is 1. The number of carbonyl (C=O) groups excluding carboxylic acids is 1. The van der Waals surface area contributed by atoms with Crippen molar-refractivity contribution in [3.63, 3.8) is 0 Å². The van der Waals surface area contributed by atoms with Crippen LogP contribution in [0.15, 0.2) is 67.5 Å². The molecule has 9 nitrogen and oxygen atoms in total. The van der Waals surface area contributed by atoms with Crippen LogP contribution < -0.4 is 20.3 Å². The predicted molar refractivity (Wildman–Crippen MR) is 158 cm³/mol. The van der Waals surface area contributed by atoms with Gasteiger partial charge >= 0.3 is 0 Å². The lowest BCUT2D eigenvalue weighted by Gasteiger charge is -2.26. The molecule has 2 aromatic heterocycles. The van der Waals surface area contributed by atoms with Crippen molar-refractivity contribution in [1.29, 1.82) is 0 Å². The third kappa shape index (κ3) is 5.73. The van der Waals surface area contributed by atoms with E-state index in [0.29, 0.717) is 23.1 Å². The van der Waals surface area contributed by atoms with E-state index in [2.05, 4.69) is 54.9 Å². The lowest BCUT2D eigenvalue weighted by atomic mass is 10.1. The fourth-order valence-electron chi connectivity index (χ4n) is 5.09. The Morgan fingerprint density at radius 3 is 2.74 bits per heavy atom. The van der Waals surface area contributed by atoms with Crippen LogP contribution in [-0.2, 0) is 11.8 Å². The summed E-state index contributed by atoms with van der Waals surface area (Å²) < 4.78 is 7.85. The van der Waals surface area contributed by atoms with E-state index >= 15 is 0 Å². The van der Waals surface area contributed by atoms with Crippen LogP contribution in [0.2, 0.25) is 0 Å². The first-order chi connectivity index (χ1) is 19.0. The maximum atomic E-state index is 12.3. The van der Waals surface area contributed by atoms with E-state index in [1.807, 2.05) is 44.4 Å². The highest BCUT2D eigenvalue weighted by Crippen LogP contribution is 2.38. The Labute approximate surface area is 229 Å². The van der Waals surface area contributed by atoms with Gasteiger partial charge in [-0.2, -0.15) is 0 Å². The van der Waals surface area contributed by atoms with E-state index in [-0.39, 0.29) is 5.91 Å². The average Bonchev–Trinajstić information content (AvgIpc) is 3.60. The molecule has 3 heterocycles. The quantitative estimate of drug-likeness (QED) is 0.280. The van der Waals surface area contributed by atoms with Crippen molar-refractivity contribution in [2.24, 2.45) is 7.05 Å². The molecular formula is C30H35N7O2. The number of amides is 1. The summed E-state index contributed by atoms with van der Waals surface area (Å²) in [6, 6.07) is 13.9. The zero-order valence-corrected chi connectivity index (χ0v) is 22.8. The summed E-state index contributed by atoms with van der Waals surface area (Å²) in [5.41, 5.74) is 5.12. The largest absolute Gasteiger partial charge is 0.494 e. The van der Waals surface area contributed by atoms with Crippen molar-refractivity contribution < 1.29 is 9.53 Å². The lowest BCUT2D eigenvalue weighted by molar-refractivity contribution is -0.111. The first-order valence-electron chi connectivity index (χ1n) is 13.2. The monoisotopic (exact) mass is 525 g/mol. The Morgan fingerprint density at radius 1 is 1.18 bits per heavy atom. The van der Waals surface area contributed by atoms with E-state index in [1.54, 1.807) is 13.3 Å². The predicted octanol–water partition coefficient (Wildman–Crippen LogP) is 5.04. The number of hydrogen-bond donors (Lipinski definition) is 2. The first kappa shape index (κ1) is 26.2. The van der Waals surface area contributed by atoms with Gasteiger partial charge in [0.2, 0.25) is 11.9 Å². The number of anilines is 4. The fraction of sp³-hybridized carbons (Fsp3) is 0.300. The van der Waals surface area contributed by atoms with Crippen LogP contribution in [0.5, 0.6) is 5.75 Å². The van der Waals surface area contributed by atoms with Crippen molar-refractivity contribution in [3.05, 3.63) is 67.5 Å². The van der Waals surface area contributed by atoms with Gasteiger partial charge in [-0.15, -0.1) is 0 Å². The van der Waals surface area contributed by atoms with Crippen LogP contribution in [0.3, 0.4) is 0 Å². The van der Waals surface area contributed by atoms with Gasteiger partial charge < -0.3 is 29.7 Å². The molecule has 2 aromatic carbocycles. The zero-order chi connectivity index (χ0) is 27.4. The van der Waals surface area contributed by atoms with Crippen molar-refractivity contribution in [3.8, 4) is 17.0 Å². The van der Waals surface area contributed by atoms with E-state index in [1.165, 1.54) is 18.9 Å². The SMILES string of the molecule is C=CC(=O)Nc1cc(Nc2nccc(-c3cn(C)c4ccccc34)n2)c(OC)cc1N(C)CCN1CCCC1. The summed E-state index contributed by atoms with van der Waals surface area (Å²) in [6.07, 6.45) is 7.58. The number of hydrogen-bond acceptors (Lipinski definition) is 7. The number of methoxy groups -OCH3 is 1. The van der Waals surface area contributed by atoms with Gasteiger partial charge in [0.15, 0.2) is 0 Å². The Kier molecular flexibility index (Phi) is 7.79. The summed E-state index contributed by atoms with van der Waals surface area (Å²) in [5.74, 6) is 0.762. The number of ether oxygens (including phenoxy) is 1. The highest BCUT2D eigenvalue weighted by atomic mass is 16.5. The molecule has 2 N–H and O–H groups in total. The van der Waals surface area contributed by atoms with Crippen molar-refractivity contribution in [2.45, 2.75) is 12.8 Å². The van der Waals surface area contributed by atoms with Crippen molar-refractivity contribution >= 4 is 39.8 Å². The number of aryl methyl sites for hydroxylation is 1. The average molecular weight is 526 g/mol. The summed E-state index contributed by atoms with van der Waals surface area (Å²) in [5, 5.41) is 7.38. The molecule has 0 aliphatic carbocycles. The van der Waals surface area contributed by atoms with Gasteiger partial charge in [-0.1, -0.05) is 24.8 Å². The van der Waals surface area contributed by atoms with Crippen molar-refractivity contribution in [1.82, 2.24) is 19.4 Å². The van der Waals surface area contributed by atoms with Crippen LogP contribution in [0.4, 0.5) is 23.0 Å². The van der Waals surface area contributed by atoms with Gasteiger partial charge in [0, 0.05) is 62.1 Å². The van der Waals surface area contributed by atoms with Crippen LogP contribution in [0, 0.1) is 0 Å². The van der Waals surface area contributed by atoms with E-state index in [4.69, 9.17) is 9.72 Å². The van der Waals surface area contributed by atoms with Gasteiger partial charge in [-0.05, 0) is 50.2 Å². The number of rotatable bonds is 10. The molecule has 202 valence electrons. The number of fused-ring (bicyclic) bond motifs is 1. The maximum Gasteiger partial charge on any atom is 0.247 e. The van der Waals surface area contributed by atoms with E-state index in [9.17, 15) is 4.79 Å². The summed E-state index contributed by atoms with van der Waals surface area (Å²) >= 11 is 0.